The van der Waals surface area contributed by atoms with Crippen LogP contribution in [0.25, 0.3) is 0 Å². The molecule has 1 unspecified atom stereocenters. The van der Waals surface area contributed by atoms with E-state index in [1.54, 1.807) is 25.3 Å². The molecule has 5 heteroatoms. The highest BCUT2D eigenvalue weighted by Gasteiger charge is 2.18. The van der Waals surface area contributed by atoms with Gasteiger partial charge in [-0.1, -0.05) is 18.2 Å². The van der Waals surface area contributed by atoms with Crippen LogP contribution in [0.4, 0.5) is 10.1 Å². The average molecular weight is 338 g/mol. The van der Waals surface area contributed by atoms with Crippen LogP contribution >= 0.6 is 0 Å². The van der Waals surface area contributed by atoms with Crippen molar-refractivity contribution in [2.24, 2.45) is 0 Å². The fourth-order valence-corrected chi connectivity index (χ4v) is 2.75. The molecule has 25 heavy (non-hydrogen) atoms. The minimum atomic E-state index is -0.317. The van der Waals surface area contributed by atoms with Gasteiger partial charge in [0.1, 0.15) is 11.6 Å². The topological polar surface area (TPSA) is 43.3 Å². The number of nitrogens with zero attached hydrogens (tertiary/aromatic N) is 1. The number of rotatable bonds is 6. The third-order valence-electron chi connectivity index (χ3n) is 3.95. The molecule has 0 aliphatic heterocycles. The van der Waals surface area contributed by atoms with Crippen LogP contribution in [-0.2, 0) is 4.79 Å². The highest BCUT2D eigenvalue weighted by molar-refractivity contribution is 5.91. The lowest BCUT2D eigenvalue weighted by atomic mass is 10.0. The first-order chi connectivity index (χ1) is 12.2. The number of methoxy groups -OCH3 is 1. The number of hydrogen-bond donors (Lipinski definition) is 1. The van der Waals surface area contributed by atoms with Crippen LogP contribution in [0.2, 0.25) is 0 Å². The maximum absolute atomic E-state index is 13.6. The third kappa shape index (κ3) is 4.26. The van der Waals surface area contributed by atoms with Crippen molar-refractivity contribution in [1.82, 2.24) is 4.57 Å². The molecule has 0 radical (unpaired) electrons. The molecule has 4 nitrogen and oxygen atoms in total. The van der Waals surface area contributed by atoms with Crippen molar-refractivity contribution >= 4 is 11.6 Å². The van der Waals surface area contributed by atoms with Crippen LogP contribution < -0.4 is 10.1 Å². The summed E-state index contributed by atoms with van der Waals surface area (Å²) in [6.07, 6.45) is 3.93. The van der Waals surface area contributed by atoms with Crippen molar-refractivity contribution in [2.45, 2.75) is 12.5 Å². The normalized spacial score (nSPS) is 11.8. The second kappa shape index (κ2) is 7.66. The largest absolute Gasteiger partial charge is 0.497 e. The fraction of sp³-hybridized carbons (Fsp3) is 0.150. The van der Waals surface area contributed by atoms with Crippen LogP contribution in [0.1, 0.15) is 18.0 Å². The predicted octanol–water partition coefficient (Wildman–Crippen LogP) is 4.25. The first-order valence-electron chi connectivity index (χ1n) is 7.97. The van der Waals surface area contributed by atoms with Crippen molar-refractivity contribution in [3.8, 4) is 5.75 Å². The monoisotopic (exact) mass is 338 g/mol. The maximum Gasteiger partial charge on any atom is 0.226 e. The fourth-order valence-electron chi connectivity index (χ4n) is 2.75. The van der Waals surface area contributed by atoms with E-state index in [4.69, 9.17) is 4.74 Å². The number of benzene rings is 2. The van der Waals surface area contributed by atoms with E-state index in [0.717, 1.165) is 5.56 Å². The zero-order valence-electron chi connectivity index (χ0n) is 13.9. The molecule has 1 amide bonds. The van der Waals surface area contributed by atoms with Crippen molar-refractivity contribution < 1.29 is 13.9 Å². The maximum atomic E-state index is 13.6. The number of carbonyl (C=O) groups excluding carboxylic acids is 1. The number of hydrogen-bond acceptors (Lipinski definition) is 2. The Morgan fingerprint density at radius 3 is 2.60 bits per heavy atom. The van der Waals surface area contributed by atoms with Crippen molar-refractivity contribution in [3.63, 3.8) is 0 Å². The van der Waals surface area contributed by atoms with Crippen molar-refractivity contribution in [2.75, 3.05) is 12.4 Å². The Balaban J connectivity index is 1.79. The summed E-state index contributed by atoms with van der Waals surface area (Å²) in [6.45, 7) is 0. The zero-order chi connectivity index (χ0) is 17.6. The van der Waals surface area contributed by atoms with Gasteiger partial charge in [-0.15, -0.1) is 0 Å². The molecule has 0 bridgehead atoms. The van der Waals surface area contributed by atoms with Gasteiger partial charge < -0.3 is 14.6 Å². The molecule has 2 aromatic carbocycles. The molecule has 1 aromatic heterocycles. The Morgan fingerprint density at radius 2 is 1.88 bits per heavy atom. The summed E-state index contributed by atoms with van der Waals surface area (Å²) < 4.78 is 20.7. The third-order valence-corrected chi connectivity index (χ3v) is 3.95. The molecule has 1 heterocycles. The van der Waals surface area contributed by atoms with Crippen LogP contribution in [0.3, 0.4) is 0 Å². The van der Waals surface area contributed by atoms with Gasteiger partial charge in [0.05, 0.1) is 19.6 Å². The molecule has 3 aromatic rings. The minimum absolute atomic E-state index is 0.156. The second-order valence-corrected chi connectivity index (χ2v) is 5.69. The van der Waals surface area contributed by atoms with Crippen LogP contribution in [0, 0.1) is 5.82 Å². The van der Waals surface area contributed by atoms with E-state index in [2.05, 4.69) is 5.32 Å². The van der Waals surface area contributed by atoms with Gasteiger partial charge in [-0.05, 0) is 42.0 Å². The van der Waals surface area contributed by atoms with Gasteiger partial charge in [0.25, 0.3) is 0 Å². The molecule has 128 valence electrons. The van der Waals surface area contributed by atoms with Gasteiger partial charge in [0, 0.05) is 24.1 Å². The number of nitrogens with one attached hydrogen (secondary N) is 1. The molecule has 0 fully saturated rings. The summed E-state index contributed by atoms with van der Waals surface area (Å²) >= 11 is 0. The Kier molecular flexibility index (Phi) is 5.14. The van der Waals surface area contributed by atoms with Gasteiger partial charge in [-0.3, -0.25) is 4.79 Å². The zero-order valence-corrected chi connectivity index (χ0v) is 13.9. The molecular formula is C20H19FN2O2. The molecule has 3 rings (SSSR count). The van der Waals surface area contributed by atoms with Crippen molar-refractivity contribution in [3.05, 3.63) is 84.4 Å². The minimum Gasteiger partial charge on any atom is -0.497 e. The quantitative estimate of drug-likeness (QED) is 0.730. The van der Waals surface area contributed by atoms with E-state index in [1.807, 2.05) is 47.3 Å². The highest BCUT2D eigenvalue weighted by atomic mass is 19.1. The number of halogens is 1. The summed E-state index contributed by atoms with van der Waals surface area (Å²) in [6, 6.07) is 17.0. The summed E-state index contributed by atoms with van der Waals surface area (Å²) in [4.78, 5) is 12.5. The molecular weight excluding hydrogens is 319 g/mol. The Bertz CT molecular complexity index is 846. The van der Waals surface area contributed by atoms with E-state index in [1.165, 1.54) is 12.1 Å². The standard InChI is InChI=1S/C20H19FN2O2/c1-25-18-9-5-8-17(13-18)22-20(24)14-19(23-10-2-3-11-23)15-6-4-7-16(21)12-15/h2-13,19H,14H2,1H3,(H,22,24). The first-order valence-corrected chi connectivity index (χ1v) is 7.97. The predicted molar refractivity (Wildman–Crippen MR) is 95.2 cm³/mol. The van der Waals surface area contributed by atoms with E-state index >= 15 is 0 Å². The lowest BCUT2D eigenvalue weighted by Crippen LogP contribution is -2.19. The van der Waals surface area contributed by atoms with Gasteiger partial charge in [-0.25, -0.2) is 4.39 Å². The molecule has 0 aliphatic rings. The van der Waals surface area contributed by atoms with Gasteiger partial charge in [0.2, 0.25) is 5.91 Å². The number of ether oxygens (including phenoxy) is 1. The molecule has 1 atom stereocenters. The lowest BCUT2D eigenvalue weighted by molar-refractivity contribution is -0.116. The van der Waals surface area contributed by atoms with Crippen LogP contribution in [0.5, 0.6) is 5.75 Å². The van der Waals surface area contributed by atoms with Crippen molar-refractivity contribution in [1.29, 1.82) is 0 Å². The van der Waals surface area contributed by atoms with Gasteiger partial charge >= 0.3 is 0 Å². The number of anilines is 1. The molecule has 0 saturated carbocycles. The summed E-state index contributed by atoms with van der Waals surface area (Å²) in [5.74, 6) is 0.198. The van der Waals surface area contributed by atoms with Crippen LogP contribution in [0.15, 0.2) is 73.1 Å². The number of carbonyl (C=O) groups is 1. The molecule has 0 aliphatic carbocycles. The van der Waals surface area contributed by atoms with E-state index in [9.17, 15) is 9.18 Å². The smallest absolute Gasteiger partial charge is 0.226 e. The summed E-state index contributed by atoms with van der Waals surface area (Å²) in [5.41, 5.74) is 1.41. The van der Waals surface area contributed by atoms with E-state index < -0.39 is 0 Å². The average Bonchev–Trinajstić information content (AvgIpc) is 3.14. The SMILES string of the molecule is COc1cccc(NC(=O)CC(c2cccc(F)c2)n2cccc2)c1. The Hall–Kier alpha value is -3.08. The number of amides is 1. The lowest BCUT2D eigenvalue weighted by Gasteiger charge is -2.19. The summed E-state index contributed by atoms with van der Waals surface area (Å²) in [7, 11) is 1.58. The summed E-state index contributed by atoms with van der Waals surface area (Å²) in [5, 5.41) is 2.87. The molecule has 1 N–H and O–H groups in total. The van der Waals surface area contributed by atoms with Gasteiger partial charge in [-0.2, -0.15) is 0 Å². The Morgan fingerprint density at radius 1 is 1.12 bits per heavy atom. The molecule has 0 spiro atoms. The highest BCUT2D eigenvalue weighted by Crippen LogP contribution is 2.24. The molecule has 0 saturated heterocycles. The van der Waals surface area contributed by atoms with E-state index in [0.29, 0.717) is 11.4 Å². The second-order valence-electron chi connectivity index (χ2n) is 5.69. The first kappa shape index (κ1) is 16.8. The van der Waals surface area contributed by atoms with Gasteiger partial charge in [0.15, 0.2) is 0 Å². The Labute approximate surface area is 145 Å². The van der Waals surface area contributed by atoms with Crippen LogP contribution in [-0.4, -0.2) is 17.6 Å². The van der Waals surface area contributed by atoms with E-state index in [-0.39, 0.29) is 24.2 Å². The number of aromatic nitrogens is 1.